The lowest BCUT2D eigenvalue weighted by Gasteiger charge is -2.36. The maximum Gasteiger partial charge on any atom is 0.228 e. The average molecular weight is 253 g/mol. The Morgan fingerprint density at radius 2 is 1.83 bits per heavy atom. The fraction of sp³-hybridized carbons (Fsp3) is 0.933. The number of likely N-dealkylation sites (tertiary alicyclic amines) is 1. The van der Waals surface area contributed by atoms with E-state index in [1.807, 2.05) is 20.8 Å². The molecule has 4 atom stereocenters. The van der Waals surface area contributed by atoms with E-state index in [-0.39, 0.29) is 23.3 Å². The van der Waals surface area contributed by atoms with Crippen molar-refractivity contribution in [2.75, 3.05) is 0 Å². The Labute approximate surface area is 111 Å². The van der Waals surface area contributed by atoms with Crippen molar-refractivity contribution in [2.45, 2.75) is 71.6 Å². The summed E-state index contributed by atoms with van der Waals surface area (Å²) in [5.41, 5.74) is -0.277. The van der Waals surface area contributed by atoms with Crippen molar-refractivity contribution in [1.29, 1.82) is 0 Å². The Morgan fingerprint density at radius 3 is 2.44 bits per heavy atom. The topological polar surface area (TPSA) is 40.5 Å². The Bertz CT molecular complexity index is 321. The van der Waals surface area contributed by atoms with Gasteiger partial charge < -0.3 is 10.0 Å². The van der Waals surface area contributed by atoms with Gasteiger partial charge in [-0.15, -0.1) is 0 Å². The second kappa shape index (κ2) is 4.84. The van der Waals surface area contributed by atoms with Crippen molar-refractivity contribution in [3.8, 4) is 0 Å². The molecule has 1 aliphatic heterocycles. The maximum absolute atomic E-state index is 12.5. The van der Waals surface area contributed by atoms with Crippen molar-refractivity contribution in [2.24, 2.45) is 17.8 Å². The number of rotatable bonds is 0. The van der Waals surface area contributed by atoms with Crippen LogP contribution in [0.25, 0.3) is 0 Å². The predicted molar refractivity (Wildman–Crippen MR) is 71.8 cm³/mol. The molecule has 0 bridgehead atoms. The number of fused-ring (bicyclic) bond motifs is 1. The van der Waals surface area contributed by atoms with Gasteiger partial charge in [-0.3, -0.25) is 4.79 Å². The number of aliphatic hydroxyl groups excluding tert-OH is 1. The van der Waals surface area contributed by atoms with Crippen LogP contribution in [0.4, 0.5) is 0 Å². The molecule has 2 aliphatic rings. The summed E-state index contributed by atoms with van der Waals surface area (Å²) in [4.78, 5) is 14.3. The first-order valence-electron chi connectivity index (χ1n) is 7.33. The van der Waals surface area contributed by atoms with Gasteiger partial charge in [-0.25, -0.2) is 0 Å². The summed E-state index contributed by atoms with van der Waals surface area (Å²) < 4.78 is 0. The molecule has 1 heterocycles. The second-order valence-electron chi connectivity index (χ2n) is 7.19. The smallest absolute Gasteiger partial charge is 0.228 e. The molecule has 0 spiro atoms. The lowest BCUT2D eigenvalue weighted by Crippen LogP contribution is -2.48. The second-order valence-corrected chi connectivity index (χ2v) is 7.19. The number of aliphatic hydroxyl groups is 1. The van der Waals surface area contributed by atoms with Gasteiger partial charge in [0.2, 0.25) is 5.91 Å². The highest BCUT2D eigenvalue weighted by atomic mass is 16.3. The molecule has 1 amide bonds. The molecule has 18 heavy (non-hydrogen) atoms. The van der Waals surface area contributed by atoms with Gasteiger partial charge in [0.1, 0.15) is 6.23 Å². The lowest BCUT2D eigenvalue weighted by molar-refractivity contribution is -0.142. The highest BCUT2D eigenvalue weighted by Gasteiger charge is 2.50. The van der Waals surface area contributed by atoms with Crippen LogP contribution in [-0.2, 0) is 4.79 Å². The third-order valence-corrected chi connectivity index (χ3v) is 4.58. The summed E-state index contributed by atoms with van der Waals surface area (Å²) in [5, 5.41) is 10.5. The maximum atomic E-state index is 12.5. The molecule has 1 saturated heterocycles. The third kappa shape index (κ3) is 2.42. The summed E-state index contributed by atoms with van der Waals surface area (Å²) in [6, 6.07) is 0. The Morgan fingerprint density at radius 1 is 1.22 bits per heavy atom. The molecule has 0 radical (unpaired) electrons. The highest BCUT2D eigenvalue weighted by Crippen LogP contribution is 2.42. The number of carbonyl (C=O) groups is 1. The van der Waals surface area contributed by atoms with E-state index in [9.17, 15) is 9.90 Å². The van der Waals surface area contributed by atoms with Crippen LogP contribution in [0.15, 0.2) is 0 Å². The van der Waals surface area contributed by atoms with E-state index in [4.69, 9.17) is 0 Å². The van der Waals surface area contributed by atoms with Crippen LogP contribution < -0.4 is 0 Å². The Kier molecular flexibility index (Phi) is 3.72. The summed E-state index contributed by atoms with van der Waals surface area (Å²) >= 11 is 0. The monoisotopic (exact) mass is 253 g/mol. The summed E-state index contributed by atoms with van der Waals surface area (Å²) in [5.74, 6) is 1.00. The molecule has 0 aromatic heterocycles. The van der Waals surface area contributed by atoms with Gasteiger partial charge in [-0.2, -0.15) is 0 Å². The number of hydrogen-bond acceptors (Lipinski definition) is 2. The number of nitrogens with zero attached hydrogens (tertiary/aromatic N) is 1. The van der Waals surface area contributed by atoms with Crippen molar-refractivity contribution in [1.82, 2.24) is 4.90 Å². The molecule has 0 aromatic rings. The first kappa shape index (κ1) is 13.9. The van der Waals surface area contributed by atoms with Gasteiger partial charge >= 0.3 is 0 Å². The molecule has 2 fully saturated rings. The minimum absolute atomic E-state index is 0.0574. The fourth-order valence-corrected chi connectivity index (χ4v) is 3.68. The Hall–Kier alpha value is -0.570. The summed E-state index contributed by atoms with van der Waals surface area (Å²) in [6.45, 7) is 8.28. The molecular weight excluding hydrogens is 226 g/mol. The van der Waals surface area contributed by atoms with Crippen molar-refractivity contribution >= 4 is 5.91 Å². The first-order chi connectivity index (χ1) is 8.32. The minimum atomic E-state index is -0.581. The fourth-order valence-electron chi connectivity index (χ4n) is 3.68. The molecule has 3 heteroatoms. The van der Waals surface area contributed by atoms with Gasteiger partial charge in [0, 0.05) is 17.4 Å². The van der Waals surface area contributed by atoms with Gasteiger partial charge in [0.15, 0.2) is 0 Å². The lowest BCUT2D eigenvalue weighted by atomic mass is 9.79. The molecule has 1 N–H and O–H groups in total. The van der Waals surface area contributed by atoms with Crippen molar-refractivity contribution < 1.29 is 9.90 Å². The van der Waals surface area contributed by atoms with E-state index in [1.165, 1.54) is 12.8 Å². The third-order valence-electron chi connectivity index (χ3n) is 4.58. The molecule has 1 aliphatic carbocycles. The normalized spacial score (nSPS) is 38.3. The van der Waals surface area contributed by atoms with Crippen molar-refractivity contribution in [3.05, 3.63) is 0 Å². The quantitative estimate of drug-likeness (QED) is 0.721. The highest BCUT2D eigenvalue weighted by molar-refractivity contribution is 5.82. The standard InChI is InChI=1S/C15H27NO2/c1-10-7-5-6-8-11-12(9-10)14(18)16(13(11)17)15(2,3)4/h10-12,14,18H,5-9H2,1-4H3. The molecule has 4 unspecified atom stereocenters. The van der Waals surface area contributed by atoms with Crippen LogP contribution >= 0.6 is 0 Å². The molecule has 1 saturated carbocycles. The zero-order chi connectivity index (χ0) is 13.5. The van der Waals surface area contributed by atoms with Crippen LogP contribution in [-0.4, -0.2) is 27.7 Å². The summed E-state index contributed by atoms with van der Waals surface area (Å²) in [7, 11) is 0. The molecule has 0 aromatic carbocycles. The van der Waals surface area contributed by atoms with Crippen LogP contribution in [0, 0.1) is 17.8 Å². The largest absolute Gasteiger partial charge is 0.373 e. The van der Waals surface area contributed by atoms with Crippen LogP contribution in [0.3, 0.4) is 0 Å². The zero-order valence-electron chi connectivity index (χ0n) is 12.1. The summed E-state index contributed by atoms with van der Waals surface area (Å²) in [6.07, 6.45) is 4.96. The van der Waals surface area contributed by atoms with Crippen LogP contribution in [0.1, 0.15) is 59.8 Å². The van der Waals surface area contributed by atoms with Crippen LogP contribution in [0.5, 0.6) is 0 Å². The van der Waals surface area contributed by atoms with E-state index in [0.717, 1.165) is 19.3 Å². The van der Waals surface area contributed by atoms with Gasteiger partial charge in [-0.05, 0) is 39.5 Å². The SMILES string of the molecule is CC1CCCCC2C(=O)N(C(C)(C)C)C(O)C2C1. The van der Waals surface area contributed by atoms with Gasteiger partial charge in [-0.1, -0.05) is 26.2 Å². The minimum Gasteiger partial charge on any atom is -0.373 e. The Balaban J connectivity index is 2.24. The molecule has 3 nitrogen and oxygen atoms in total. The van der Waals surface area contributed by atoms with E-state index in [1.54, 1.807) is 4.90 Å². The van der Waals surface area contributed by atoms with Crippen LogP contribution in [0.2, 0.25) is 0 Å². The molecular formula is C15H27NO2. The molecule has 104 valence electrons. The average Bonchev–Trinajstić information content (AvgIpc) is 2.42. The van der Waals surface area contributed by atoms with E-state index < -0.39 is 6.23 Å². The van der Waals surface area contributed by atoms with Gasteiger partial charge in [0.05, 0.1) is 0 Å². The van der Waals surface area contributed by atoms with Crippen molar-refractivity contribution in [3.63, 3.8) is 0 Å². The predicted octanol–water partition coefficient (Wildman–Crippen LogP) is 2.78. The molecule has 2 rings (SSSR count). The first-order valence-corrected chi connectivity index (χ1v) is 7.33. The number of hydrogen-bond donors (Lipinski definition) is 1. The number of carbonyl (C=O) groups excluding carboxylic acids is 1. The van der Waals surface area contributed by atoms with E-state index >= 15 is 0 Å². The number of amides is 1. The zero-order valence-corrected chi connectivity index (χ0v) is 12.1. The van der Waals surface area contributed by atoms with E-state index in [0.29, 0.717) is 5.92 Å². The van der Waals surface area contributed by atoms with Gasteiger partial charge in [0.25, 0.3) is 0 Å². The van der Waals surface area contributed by atoms with E-state index in [2.05, 4.69) is 6.92 Å².